The molecular formula is C16H23N7O3. The molecule has 2 aliphatic rings. The van der Waals surface area contributed by atoms with Gasteiger partial charge in [-0.3, -0.25) is 0 Å². The second-order valence-electron chi connectivity index (χ2n) is 6.76. The molecule has 0 aliphatic carbocycles. The molecule has 0 saturated carbocycles. The molecule has 10 heteroatoms. The van der Waals surface area contributed by atoms with Gasteiger partial charge >= 0.3 is 12.1 Å². The van der Waals surface area contributed by atoms with Crippen LogP contribution in [0.1, 0.15) is 12.8 Å². The Labute approximate surface area is 151 Å². The van der Waals surface area contributed by atoms with Gasteiger partial charge < -0.3 is 24.5 Å². The highest BCUT2D eigenvalue weighted by Crippen LogP contribution is 2.22. The van der Waals surface area contributed by atoms with E-state index in [2.05, 4.69) is 27.0 Å². The number of imidazole rings is 1. The molecule has 1 N–H and O–H groups in total. The first-order valence-corrected chi connectivity index (χ1v) is 8.89. The average Bonchev–Trinajstić information content (AvgIpc) is 3.28. The van der Waals surface area contributed by atoms with Crippen molar-refractivity contribution < 1.29 is 14.6 Å². The van der Waals surface area contributed by atoms with Gasteiger partial charge in [-0.15, -0.1) is 5.10 Å². The molecule has 26 heavy (non-hydrogen) atoms. The highest BCUT2D eigenvalue weighted by atomic mass is 16.5. The van der Waals surface area contributed by atoms with Gasteiger partial charge in [0.05, 0.1) is 0 Å². The molecule has 0 aromatic carbocycles. The van der Waals surface area contributed by atoms with Crippen molar-refractivity contribution in [2.75, 3.05) is 51.3 Å². The summed E-state index contributed by atoms with van der Waals surface area (Å²) in [6.07, 6.45) is 4.86. The maximum Gasteiger partial charge on any atom is 0.407 e. The lowest BCUT2D eigenvalue weighted by atomic mass is 10.2. The van der Waals surface area contributed by atoms with Crippen LogP contribution in [0.2, 0.25) is 0 Å². The summed E-state index contributed by atoms with van der Waals surface area (Å²) in [5, 5.41) is 13.5. The summed E-state index contributed by atoms with van der Waals surface area (Å²) >= 11 is 0. The van der Waals surface area contributed by atoms with Crippen LogP contribution in [-0.4, -0.2) is 93.0 Å². The highest BCUT2D eigenvalue weighted by molar-refractivity contribution is 5.67. The van der Waals surface area contributed by atoms with E-state index in [9.17, 15) is 4.79 Å². The van der Waals surface area contributed by atoms with E-state index in [4.69, 9.17) is 9.84 Å². The molecule has 2 saturated heterocycles. The Hall–Kier alpha value is -2.62. The van der Waals surface area contributed by atoms with E-state index in [0.29, 0.717) is 56.3 Å². The number of nitrogens with zero attached hydrogens (tertiary/aromatic N) is 7. The minimum atomic E-state index is -0.886. The van der Waals surface area contributed by atoms with Crippen molar-refractivity contribution in [2.45, 2.75) is 18.9 Å². The zero-order valence-corrected chi connectivity index (χ0v) is 14.8. The molecule has 0 spiro atoms. The van der Waals surface area contributed by atoms with Gasteiger partial charge in [-0.25, -0.2) is 14.3 Å². The highest BCUT2D eigenvalue weighted by Gasteiger charge is 2.25. The second kappa shape index (κ2) is 6.94. The summed E-state index contributed by atoms with van der Waals surface area (Å²) < 4.78 is 7.55. The third-order valence-electron chi connectivity index (χ3n) is 5.14. The van der Waals surface area contributed by atoms with E-state index < -0.39 is 6.09 Å². The summed E-state index contributed by atoms with van der Waals surface area (Å²) in [7, 11) is 2.11. The van der Waals surface area contributed by atoms with Crippen LogP contribution in [0.4, 0.5) is 10.6 Å². The maximum atomic E-state index is 11.1. The Bertz CT molecular complexity index is 787. The van der Waals surface area contributed by atoms with Crippen LogP contribution in [0.5, 0.6) is 6.01 Å². The molecule has 4 heterocycles. The fourth-order valence-corrected chi connectivity index (χ4v) is 3.54. The summed E-state index contributed by atoms with van der Waals surface area (Å²) in [6, 6.07) is 0.714. The summed E-state index contributed by atoms with van der Waals surface area (Å²) in [5.74, 6) is 0.685. The van der Waals surface area contributed by atoms with Gasteiger partial charge in [-0.2, -0.15) is 4.98 Å². The van der Waals surface area contributed by atoms with Gasteiger partial charge in [0.2, 0.25) is 0 Å². The monoisotopic (exact) mass is 361 g/mol. The molecule has 1 atom stereocenters. The summed E-state index contributed by atoms with van der Waals surface area (Å²) in [4.78, 5) is 25.8. The molecule has 0 bridgehead atoms. The van der Waals surface area contributed by atoms with Crippen molar-refractivity contribution in [3.05, 3.63) is 12.4 Å². The molecule has 2 fully saturated rings. The molecule has 1 amide bonds. The molecule has 2 aromatic rings. The topological polar surface area (TPSA) is 99.3 Å². The SMILES string of the molecule is CN1CCCC1COc1nc(N2CCN(C(=O)O)CC2)c2nccn2n1. The number of hydrogen-bond acceptors (Lipinski definition) is 7. The quantitative estimate of drug-likeness (QED) is 0.835. The second-order valence-corrected chi connectivity index (χ2v) is 6.76. The van der Waals surface area contributed by atoms with Crippen LogP contribution in [-0.2, 0) is 0 Å². The Morgan fingerprint density at radius 1 is 1.31 bits per heavy atom. The fraction of sp³-hybridized carbons (Fsp3) is 0.625. The van der Waals surface area contributed by atoms with Crippen LogP contribution >= 0.6 is 0 Å². The van der Waals surface area contributed by atoms with Gasteiger partial charge in [0.25, 0.3) is 0 Å². The molecule has 2 aromatic heterocycles. The van der Waals surface area contributed by atoms with E-state index in [1.54, 1.807) is 16.9 Å². The number of aromatic nitrogens is 4. The molecule has 10 nitrogen and oxygen atoms in total. The predicted molar refractivity (Wildman–Crippen MR) is 93.7 cm³/mol. The Morgan fingerprint density at radius 2 is 2.12 bits per heavy atom. The van der Waals surface area contributed by atoms with Gasteiger partial charge in [-0.05, 0) is 26.4 Å². The molecule has 2 aliphatic heterocycles. The number of anilines is 1. The molecule has 4 rings (SSSR count). The lowest BCUT2D eigenvalue weighted by Gasteiger charge is -2.33. The molecular weight excluding hydrogens is 338 g/mol. The molecule has 0 radical (unpaired) electrons. The number of likely N-dealkylation sites (tertiary alicyclic amines) is 1. The standard InChI is InChI=1S/C16H23N7O3/c1-20-5-2-3-12(20)11-26-15-18-14(13-17-4-6-23(13)19-15)21-7-9-22(10-8-21)16(24)25/h4,6,12H,2-3,5,7-11H2,1H3,(H,24,25). The first-order valence-electron chi connectivity index (χ1n) is 8.89. The van der Waals surface area contributed by atoms with E-state index in [-0.39, 0.29) is 0 Å². The molecule has 140 valence electrons. The van der Waals surface area contributed by atoms with Crippen molar-refractivity contribution in [1.29, 1.82) is 0 Å². The maximum absolute atomic E-state index is 11.1. The van der Waals surface area contributed by atoms with Crippen LogP contribution < -0.4 is 9.64 Å². The number of carbonyl (C=O) groups is 1. The fourth-order valence-electron chi connectivity index (χ4n) is 3.54. The van der Waals surface area contributed by atoms with Gasteiger partial charge in [0.1, 0.15) is 6.61 Å². The van der Waals surface area contributed by atoms with E-state index in [0.717, 1.165) is 13.0 Å². The van der Waals surface area contributed by atoms with E-state index >= 15 is 0 Å². The zero-order valence-electron chi connectivity index (χ0n) is 14.8. The predicted octanol–water partition coefficient (Wildman–Crippen LogP) is 0.397. The lowest BCUT2D eigenvalue weighted by molar-refractivity contribution is 0.142. The number of piperazine rings is 1. The van der Waals surface area contributed by atoms with Gasteiger partial charge in [0.15, 0.2) is 11.5 Å². The van der Waals surface area contributed by atoms with E-state index in [1.807, 2.05) is 4.90 Å². The number of carboxylic acid groups (broad SMARTS) is 1. The van der Waals surface area contributed by atoms with Crippen LogP contribution in [0.25, 0.3) is 5.65 Å². The van der Waals surface area contributed by atoms with Crippen molar-refractivity contribution >= 4 is 17.6 Å². The van der Waals surface area contributed by atoms with Gasteiger partial charge in [-0.1, -0.05) is 0 Å². The summed E-state index contributed by atoms with van der Waals surface area (Å²) in [5.41, 5.74) is 0.652. The Morgan fingerprint density at radius 3 is 2.81 bits per heavy atom. The minimum absolute atomic E-state index is 0.325. The zero-order chi connectivity index (χ0) is 18.1. The first-order chi connectivity index (χ1) is 12.6. The number of likely N-dealkylation sites (N-methyl/N-ethyl adjacent to an activating group) is 1. The lowest BCUT2D eigenvalue weighted by Crippen LogP contribution is -2.48. The Balaban J connectivity index is 1.52. The number of ether oxygens (including phenoxy) is 1. The molecule has 1 unspecified atom stereocenters. The Kier molecular flexibility index (Phi) is 4.49. The first kappa shape index (κ1) is 16.8. The largest absolute Gasteiger partial charge is 0.465 e. The van der Waals surface area contributed by atoms with Crippen molar-refractivity contribution in [1.82, 2.24) is 29.4 Å². The third kappa shape index (κ3) is 3.24. The van der Waals surface area contributed by atoms with E-state index in [1.165, 1.54) is 11.3 Å². The number of amides is 1. The van der Waals surface area contributed by atoms with Crippen molar-refractivity contribution in [3.8, 4) is 6.01 Å². The van der Waals surface area contributed by atoms with Crippen LogP contribution in [0.3, 0.4) is 0 Å². The number of fused-ring (bicyclic) bond motifs is 1. The van der Waals surface area contributed by atoms with Crippen LogP contribution in [0.15, 0.2) is 12.4 Å². The average molecular weight is 361 g/mol. The van der Waals surface area contributed by atoms with Gasteiger partial charge in [0, 0.05) is 44.6 Å². The van der Waals surface area contributed by atoms with Crippen LogP contribution in [0, 0.1) is 0 Å². The number of rotatable bonds is 4. The van der Waals surface area contributed by atoms with Crippen molar-refractivity contribution in [2.24, 2.45) is 0 Å². The third-order valence-corrected chi connectivity index (χ3v) is 5.14. The summed E-state index contributed by atoms with van der Waals surface area (Å²) in [6.45, 7) is 3.66. The smallest absolute Gasteiger partial charge is 0.407 e. The minimum Gasteiger partial charge on any atom is -0.465 e. The normalized spacial score (nSPS) is 21.5. The van der Waals surface area contributed by atoms with Crippen molar-refractivity contribution in [3.63, 3.8) is 0 Å². The number of hydrogen-bond donors (Lipinski definition) is 1.